The van der Waals surface area contributed by atoms with E-state index in [9.17, 15) is 4.39 Å². The molecule has 1 fully saturated rings. The summed E-state index contributed by atoms with van der Waals surface area (Å²) < 4.78 is 14.0. The van der Waals surface area contributed by atoms with Crippen LogP contribution in [0, 0.1) is 17.7 Å². The summed E-state index contributed by atoms with van der Waals surface area (Å²) in [6, 6.07) is 5.80. The van der Waals surface area contributed by atoms with Crippen molar-refractivity contribution in [1.82, 2.24) is 5.32 Å². The van der Waals surface area contributed by atoms with Crippen molar-refractivity contribution in [2.75, 3.05) is 0 Å². The number of nitrogens with one attached hydrogen (secondary N) is 1. The molecule has 1 nitrogen and oxygen atoms in total. The number of benzene rings is 1. The van der Waals surface area contributed by atoms with Crippen molar-refractivity contribution in [2.24, 2.45) is 11.8 Å². The maximum Gasteiger partial charge on any atom is 0.137 e. The molecule has 2 rings (SSSR count). The first-order valence-corrected chi connectivity index (χ1v) is 7.59. The van der Waals surface area contributed by atoms with Gasteiger partial charge < -0.3 is 5.32 Å². The molecule has 0 heterocycles. The summed E-state index contributed by atoms with van der Waals surface area (Å²) >= 11 is 3.32. The molecule has 0 aliphatic heterocycles. The maximum absolute atomic E-state index is 13.4. The Morgan fingerprint density at radius 1 is 1.39 bits per heavy atom. The van der Waals surface area contributed by atoms with E-state index in [1.165, 1.54) is 25.3 Å². The molecular formula is C15H21BrFN. The Hall–Kier alpha value is -0.410. The van der Waals surface area contributed by atoms with E-state index in [1.54, 1.807) is 6.07 Å². The predicted octanol–water partition coefficient (Wildman–Crippen LogP) is 4.50. The topological polar surface area (TPSA) is 12.0 Å². The van der Waals surface area contributed by atoms with E-state index < -0.39 is 0 Å². The zero-order valence-corrected chi connectivity index (χ0v) is 12.6. The highest BCUT2D eigenvalue weighted by Gasteiger charge is 2.30. The van der Waals surface area contributed by atoms with Gasteiger partial charge in [0.1, 0.15) is 5.82 Å². The second-order valence-electron chi connectivity index (χ2n) is 5.31. The first kappa shape index (κ1) is 14.0. The van der Waals surface area contributed by atoms with Gasteiger partial charge in [-0.2, -0.15) is 0 Å². The van der Waals surface area contributed by atoms with Crippen LogP contribution in [0.1, 0.15) is 38.7 Å². The third-order valence-corrected chi connectivity index (χ3v) is 5.23. The van der Waals surface area contributed by atoms with Crippen molar-refractivity contribution in [3.05, 3.63) is 34.1 Å². The van der Waals surface area contributed by atoms with Gasteiger partial charge in [0.05, 0.1) is 4.47 Å². The van der Waals surface area contributed by atoms with Crippen molar-refractivity contribution in [1.29, 1.82) is 0 Å². The molecule has 3 unspecified atom stereocenters. The molecule has 1 aromatic carbocycles. The molecule has 100 valence electrons. The molecule has 0 aromatic heterocycles. The first-order chi connectivity index (χ1) is 8.63. The Balaban J connectivity index is 1.94. The van der Waals surface area contributed by atoms with Gasteiger partial charge in [0.2, 0.25) is 0 Å². The second kappa shape index (κ2) is 6.16. The quantitative estimate of drug-likeness (QED) is 0.862. The third kappa shape index (κ3) is 2.94. The zero-order chi connectivity index (χ0) is 13.1. The van der Waals surface area contributed by atoms with Gasteiger partial charge in [0.25, 0.3) is 0 Å². The number of hydrogen-bond donors (Lipinski definition) is 1. The Labute approximate surface area is 117 Å². The standard InChI is InChI=1S/C15H21BrFN/c1-3-11-7-8-14(10(11)2)18-9-12-5-4-6-13(17)15(12)16/h4-6,10-11,14,18H,3,7-9H2,1-2H3. The summed E-state index contributed by atoms with van der Waals surface area (Å²) in [5.74, 6) is 1.39. The van der Waals surface area contributed by atoms with Crippen LogP contribution in [0.15, 0.2) is 22.7 Å². The molecule has 3 atom stereocenters. The first-order valence-electron chi connectivity index (χ1n) is 6.79. The molecule has 0 bridgehead atoms. The van der Waals surface area contributed by atoms with Gasteiger partial charge in [-0.15, -0.1) is 0 Å². The van der Waals surface area contributed by atoms with Crippen LogP contribution in [0.5, 0.6) is 0 Å². The smallest absolute Gasteiger partial charge is 0.137 e. The predicted molar refractivity (Wildman–Crippen MR) is 76.9 cm³/mol. The molecular weight excluding hydrogens is 293 g/mol. The van der Waals surface area contributed by atoms with Crippen LogP contribution in [0.3, 0.4) is 0 Å². The van der Waals surface area contributed by atoms with E-state index in [2.05, 4.69) is 35.1 Å². The molecule has 0 amide bonds. The van der Waals surface area contributed by atoms with Gasteiger partial charge in [-0.1, -0.05) is 32.4 Å². The van der Waals surface area contributed by atoms with Crippen LogP contribution in [-0.2, 0) is 6.54 Å². The van der Waals surface area contributed by atoms with E-state index in [1.807, 2.05) is 6.07 Å². The van der Waals surface area contributed by atoms with E-state index in [0.717, 1.165) is 23.9 Å². The summed E-state index contributed by atoms with van der Waals surface area (Å²) in [4.78, 5) is 0. The molecule has 3 heteroatoms. The lowest BCUT2D eigenvalue weighted by Gasteiger charge is -2.21. The van der Waals surface area contributed by atoms with Crippen molar-refractivity contribution in [2.45, 2.75) is 45.7 Å². The van der Waals surface area contributed by atoms with Crippen LogP contribution >= 0.6 is 15.9 Å². The highest BCUT2D eigenvalue weighted by Crippen LogP contribution is 2.34. The monoisotopic (exact) mass is 313 g/mol. The number of halogens is 2. The Kier molecular flexibility index (Phi) is 4.79. The molecule has 0 saturated heterocycles. The minimum absolute atomic E-state index is 0.180. The highest BCUT2D eigenvalue weighted by molar-refractivity contribution is 9.10. The zero-order valence-electron chi connectivity index (χ0n) is 11.0. The second-order valence-corrected chi connectivity index (χ2v) is 6.10. The summed E-state index contributed by atoms with van der Waals surface area (Å²) in [5.41, 5.74) is 1.00. The minimum Gasteiger partial charge on any atom is -0.310 e. The average molecular weight is 314 g/mol. The van der Waals surface area contributed by atoms with Crippen molar-refractivity contribution in [3.8, 4) is 0 Å². The fourth-order valence-corrected chi connectivity index (χ4v) is 3.44. The van der Waals surface area contributed by atoms with E-state index in [-0.39, 0.29) is 5.82 Å². The summed E-state index contributed by atoms with van der Waals surface area (Å²) in [6.07, 6.45) is 3.83. The summed E-state index contributed by atoms with van der Waals surface area (Å²) in [5, 5.41) is 3.58. The number of rotatable bonds is 4. The number of hydrogen-bond acceptors (Lipinski definition) is 1. The van der Waals surface area contributed by atoms with Gasteiger partial charge in [-0.3, -0.25) is 0 Å². The summed E-state index contributed by atoms with van der Waals surface area (Å²) in [7, 11) is 0. The Bertz CT molecular complexity index is 407. The van der Waals surface area contributed by atoms with Crippen molar-refractivity contribution in [3.63, 3.8) is 0 Å². The van der Waals surface area contributed by atoms with Crippen LogP contribution < -0.4 is 5.32 Å². The maximum atomic E-state index is 13.4. The van der Waals surface area contributed by atoms with Crippen LogP contribution in [0.4, 0.5) is 4.39 Å². The van der Waals surface area contributed by atoms with Gasteiger partial charge in [0.15, 0.2) is 0 Å². The van der Waals surface area contributed by atoms with Crippen LogP contribution in [0.2, 0.25) is 0 Å². The normalized spacial score (nSPS) is 27.7. The SMILES string of the molecule is CCC1CCC(NCc2cccc(F)c2Br)C1C. The van der Waals surface area contributed by atoms with E-state index >= 15 is 0 Å². The van der Waals surface area contributed by atoms with E-state index in [4.69, 9.17) is 0 Å². The van der Waals surface area contributed by atoms with Gasteiger partial charge >= 0.3 is 0 Å². The van der Waals surface area contributed by atoms with Gasteiger partial charge in [-0.25, -0.2) is 4.39 Å². The fraction of sp³-hybridized carbons (Fsp3) is 0.600. The van der Waals surface area contributed by atoms with Gasteiger partial charge in [-0.05, 0) is 52.2 Å². The molecule has 1 N–H and O–H groups in total. The molecule has 1 aromatic rings. The van der Waals surface area contributed by atoms with Crippen LogP contribution in [-0.4, -0.2) is 6.04 Å². The lowest BCUT2D eigenvalue weighted by molar-refractivity contribution is 0.344. The largest absolute Gasteiger partial charge is 0.310 e. The van der Waals surface area contributed by atoms with Crippen molar-refractivity contribution >= 4 is 15.9 Å². The van der Waals surface area contributed by atoms with E-state index in [0.29, 0.717) is 10.5 Å². The van der Waals surface area contributed by atoms with Gasteiger partial charge in [0, 0.05) is 12.6 Å². The molecule has 18 heavy (non-hydrogen) atoms. The Morgan fingerprint density at radius 3 is 2.83 bits per heavy atom. The molecule has 1 aliphatic carbocycles. The molecule has 0 radical (unpaired) electrons. The minimum atomic E-state index is -0.180. The molecule has 0 spiro atoms. The highest BCUT2D eigenvalue weighted by atomic mass is 79.9. The lowest BCUT2D eigenvalue weighted by Crippen LogP contribution is -2.32. The average Bonchev–Trinajstić information content (AvgIpc) is 2.72. The molecule has 1 saturated carbocycles. The fourth-order valence-electron chi connectivity index (χ4n) is 3.04. The Morgan fingerprint density at radius 2 is 2.17 bits per heavy atom. The third-order valence-electron chi connectivity index (χ3n) is 4.34. The van der Waals surface area contributed by atoms with Crippen LogP contribution in [0.25, 0.3) is 0 Å². The lowest BCUT2D eigenvalue weighted by atomic mass is 9.93. The summed E-state index contributed by atoms with van der Waals surface area (Å²) in [6.45, 7) is 5.34. The van der Waals surface area contributed by atoms with Crippen molar-refractivity contribution < 1.29 is 4.39 Å². The molecule has 1 aliphatic rings.